The van der Waals surface area contributed by atoms with Crippen molar-refractivity contribution in [1.82, 2.24) is 4.90 Å². The number of nitrogens with zero attached hydrogens (tertiary/aromatic N) is 3. The van der Waals surface area contributed by atoms with E-state index in [4.69, 9.17) is 4.74 Å². The number of esters is 1. The lowest BCUT2D eigenvalue weighted by atomic mass is 10.1. The Morgan fingerprint density at radius 3 is 2.43 bits per heavy atom. The van der Waals surface area contributed by atoms with Gasteiger partial charge in [0.15, 0.2) is 0 Å². The third-order valence-corrected chi connectivity index (χ3v) is 4.85. The van der Waals surface area contributed by atoms with Gasteiger partial charge in [0, 0.05) is 30.8 Å². The molecule has 0 radical (unpaired) electrons. The number of hydrogen-bond acceptors (Lipinski definition) is 5. The second kappa shape index (κ2) is 8.69. The van der Waals surface area contributed by atoms with Gasteiger partial charge >= 0.3 is 5.97 Å². The van der Waals surface area contributed by atoms with Crippen LogP contribution in [0.1, 0.15) is 34.8 Å². The number of carbonyl (C=O) groups excluding carboxylic acids is 2. The van der Waals surface area contributed by atoms with Crippen LogP contribution >= 0.6 is 0 Å². The second-order valence-corrected chi connectivity index (χ2v) is 6.92. The highest BCUT2D eigenvalue weighted by Gasteiger charge is 2.21. The molecule has 1 amide bonds. The molecular formula is C22H25N3O3. The Labute approximate surface area is 165 Å². The maximum atomic E-state index is 13.1. The van der Waals surface area contributed by atoms with Crippen molar-refractivity contribution in [1.29, 1.82) is 0 Å². The molecule has 0 bridgehead atoms. The lowest BCUT2D eigenvalue weighted by Crippen LogP contribution is -2.36. The number of hydrogen-bond donors (Lipinski definition) is 0. The van der Waals surface area contributed by atoms with Crippen molar-refractivity contribution < 1.29 is 14.3 Å². The fraction of sp³-hybridized carbons (Fsp3) is 0.318. The summed E-state index contributed by atoms with van der Waals surface area (Å²) in [6.07, 6.45) is 0.948. The molecule has 0 unspecified atom stereocenters. The minimum atomic E-state index is -0.444. The van der Waals surface area contributed by atoms with Crippen molar-refractivity contribution in [2.75, 3.05) is 25.2 Å². The van der Waals surface area contributed by atoms with Crippen LogP contribution in [0.5, 0.6) is 0 Å². The number of anilines is 1. The van der Waals surface area contributed by atoms with Crippen molar-refractivity contribution in [3.8, 4) is 0 Å². The molecule has 2 aromatic rings. The summed E-state index contributed by atoms with van der Waals surface area (Å²) in [5.41, 5.74) is 4.65. The zero-order valence-corrected chi connectivity index (χ0v) is 16.5. The van der Waals surface area contributed by atoms with E-state index in [9.17, 15) is 9.59 Å². The first-order valence-electron chi connectivity index (χ1n) is 9.30. The molecule has 0 N–H and O–H groups in total. The van der Waals surface area contributed by atoms with Crippen LogP contribution in [0, 0.1) is 6.92 Å². The Balaban J connectivity index is 1.80. The predicted molar refractivity (Wildman–Crippen MR) is 109 cm³/mol. The fourth-order valence-electron chi connectivity index (χ4n) is 3.13. The maximum Gasteiger partial charge on any atom is 0.325 e. The Kier molecular flexibility index (Phi) is 6.09. The highest BCUT2D eigenvalue weighted by atomic mass is 16.5. The number of ether oxygens (including phenoxy) is 1. The van der Waals surface area contributed by atoms with E-state index in [1.807, 2.05) is 55.3 Å². The lowest BCUT2D eigenvalue weighted by molar-refractivity contribution is -0.141. The highest BCUT2D eigenvalue weighted by Crippen LogP contribution is 2.21. The first-order chi connectivity index (χ1) is 13.5. The summed E-state index contributed by atoms with van der Waals surface area (Å²) >= 11 is 0. The zero-order chi connectivity index (χ0) is 20.1. The van der Waals surface area contributed by atoms with Crippen molar-refractivity contribution in [2.45, 2.75) is 26.8 Å². The topological polar surface area (TPSA) is 62.2 Å². The van der Waals surface area contributed by atoms with Gasteiger partial charge in [-0.2, -0.15) is 5.10 Å². The van der Waals surface area contributed by atoms with Gasteiger partial charge in [-0.05, 0) is 49.2 Å². The van der Waals surface area contributed by atoms with Crippen molar-refractivity contribution in [2.24, 2.45) is 5.10 Å². The lowest BCUT2D eigenvalue weighted by Gasteiger charge is -2.23. The van der Waals surface area contributed by atoms with E-state index >= 15 is 0 Å². The molecule has 0 fully saturated rings. The van der Waals surface area contributed by atoms with Crippen LogP contribution in [-0.4, -0.2) is 42.7 Å². The summed E-state index contributed by atoms with van der Waals surface area (Å²) in [5.74, 6) is -0.651. The molecular weight excluding hydrogens is 354 g/mol. The van der Waals surface area contributed by atoms with Crippen LogP contribution < -0.4 is 5.01 Å². The second-order valence-electron chi connectivity index (χ2n) is 6.92. The summed E-state index contributed by atoms with van der Waals surface area (Å²) in [4.78, 5) is 26.4. The Morgan fingerprint density at radius 2 is 1.82 bits per heavy atom. The first kappa shape index (κ1) is 19.6. The molecule has 28 heavy (non-hydrogen) atoms. The van der Waals surface area contributed by atoms with Crippen molar-refractivity contribution >= 4 is 23.3 Å². The van der Waals surface area contributed by atoms with E-state index in [1.165, 1.54) is 12.0 Å². The molecule has 0 spiro atoms. The summed E-state index contributed by atoms with van der Waals surface area (Å²) < 4.78 is 4.78. The average molecular weight is 379 g/mol. The number of rotatable bonds is 6. The van der Waals surface area contributed by atoms with E-state index in [2.05, 4.69) is 5.10 Å². The van der Waals surface area contributed by atoms with E-state index in [0.717, 1.165) is 35.5 Å². The smallest absolute Gasteiger partial charge is 0.325 e. The predicted octanol–water partition coefficient (Wildman–Crippen LogP) is 3.40. The van der Waals surface area contributed by atoms with Gasteiger partial charge in [-0.25, -0.2) is 0 Å². The molecule has 6 nitrogen and oxygen atoms in total. The van der Waals surface area contributed by atoms with Crippen LogP contribution in [0.4, 0.5) is 5.69 Å². The SMILES string of the molecule is COC(=O)CN(Cc1ccccc1C)C(=O)c1ccc(N2CCC(C)=N2)cc1. The molecule has 0 aliphatic carbocycles. The van der Waals surface area contributed by atoms with E-state index in [0.29, 0.717) is 12.1 Å². The number of hydrazone groups is 1. The number of methoxy groups -OCH3 is 1. The van der Waals surface area contributed by atoms with Crippen LogP contribution in [0.15, 0.2) is 53.6 Å². The normalized spacial score (nSPS) is 13.2. The Morgan fingerprint density at radius 1 is 1.11 bits per heavy atom. The molecule has 1 heterocycles. The fourth-order valence-corrected chi connectivity index (χ4v) is 3.13. The minimum absolute atomic E-state index is 0.0962. The Hall–Kier alpha value is -3.15. The number of aryl methyl sites for hydroxylation is 1. The molecule has 146 valence electrons. The summed E-state index contributed by atoms with van der Waals surface area (Å²) in [7, 11) is 1.33. The van der Waals surface area contributed by atoms with Crippen LogP contribution in [0.3, 0.4) is 0 Å². The third kappa shape index (κ3) is 4.57. The molecule has 3 rings (SSSR count). The van der Waals surface area contributed by atoms with Crippen LogP contribution in [0.25, 0.3) is 0 Å². The standard InChI is InChI=1S/C22H25N3O3/c1-16-6-4-5-7-19(16)14-24(15-21(26)28-3)22(27)18-8-10-20(11-9-18)25-13-12-17(2)23-25/h4-11H,12-15H2,1-3H3. The summed E-state index contributed by atoms with van der Waals surface area (Å²) in [6, 6.07) is 15.2. The van der Waals surface area contributed by atoms with Gasteiger partial charge in [0.05, 0.1) is 12.8 Å². The Bertz CT molecular complexity index is 890. The largest absolute Gasteiger partial charge is 0.468 e. The van der Waals surface area contributed by atoms with Gasteiger partial charge in [0.2, 0.25) is 0 Å². The van der Waals surface area contributed by atoms with Gasteiger partial charge in [0.1, 0.15) is 6.54 Å². The van der Waals surface area contributed by atoms with Crippen LogP contribution in [0.2, 0.25) is 0 Å². The highest BCUT2D eigenvalue weighted by molar-refractivity contribution is 5.96. The van der Waals surface area contributed by atoms with E-state index in [1.54, 1.807) is 12.1 Å². The summed E-state index contributed by atoms with van der Waals surface area (Å²) in [5, 5.41) is 6.41. The van der Waals surface area contributed by atoms with Gasteiger partial charge < -0.3 is 9.64 Å². The van der Waals surface area contributed by atoms with Crippen molar-refractivity contribution in [3.63, 3.8) is 0 Å². The van der Waals surface area contributed by atoms with Crippen LogP contribution in [-0.2, 0) is 16.1 Å². The minimum Gasteiger partial charge on any atom is -0.468 e. The van der Waals surface area contributed by atoms with Gasteiger partial charge in [-0.1, -0.05) is 24.3 Å². The van der Waals surface area contributed by atoms with E-state index < -0.39 is 5.97 Å². The zero-order valence-electron chi connectivity index (χ0n) is 16.5. The van der Waals surface area contributed by atoms with Gasteiger partial charge in [0.25, 0.3) is 5.91 Å². The van der Waals surface area contributed by atoms with Crippen molar-refractivity contribution in [3.05, 3.63) is 65.2 Å². The maximum absolute atomic E-state index is 13.1. The third-order valence-electron chi connectivity index (χ3n) is 4.85. The molecule has 0 saturated carbocycles. The number of carbonyl (C=O) groups is 2. The number of amides is 1. The van der Waals surface area contributed by atoms with Gasteiger partial charge in [-0.3, -0.25) is 14.6 Å². The van der Waals surface area contributed by atoms with Gasteiger partial charge in [-0.15, -0.1) is 0 Å². The average Bonchev–Trinajstić information content (AvgIpc) is 3.15. The molecule has 0 atom stereocenters. The molecule has 6 heteroatoms. The molecule has 2 aromatic carbocycles. The first-order valence-corrected chi connectivity index (χ1v) is 9.30. The monoisotopic (exact) mass is 379 g/mol. The molecule has 0 saturated heterocycles. The molecule has 1 aliphatic rings. The molecule has 0 aromatic heterocycles. The summed E-state index contributed by atoms with van der Waals surface area (Å²) in [6.45, 7) is 5.09. The van der Waals surface area contributed by atoms with E-state index in [-0.39, 0.29) is 12.5 Å². The number of benzene rings is 2. The molecule has 1 aliphatic heterocycles. The quantitative estimate of drug-likeness (QED) is 0.722.